The van der Waals surface area contributed by atoms with Gasteiger partial charge in [0.2, 0.25) is 10.0 Å². The van der Waals surface area contributed by atoms with Crippen molar-refractivity contribution in [3.05, 3.63) is 54.1 Å². The number of ether oxygens (including phenoxy) is 1. The van der Waals surface area contributed by atoms with Crippen LogP contribution in [-0.2, 0) is 14.8 Å². The van der Waals surface area contributed by atoms with Crippen molar-refractivity contribution < 1.29 is 17.9 Å². The second kappa shape index (κ2) is 9.84. The maximum Gasteiger partial charge on any atom is 0.260 e. The van der Waals surface area contributed by atoms with Gasteiger partial charge in [0.15, 0.2) is 6.10 Å². The van der Waals surface area contributed by atoms with Crippen LogP contribution >= 0.6 is 11.8 Å². The van der Waals surface area contributed by atoms with Crippen LogP contribution in [-0.4, -0.2) is 46.0 Å². The number of hydrogen-bond acceptors (Lipinski definition) is 5. The average molecular weight is 423 g/mol. The monoisotopic (exact) mass is 422 g/mol. The Bertz CT molecular complexity index is 881. The van der Waals surface area contributed by atoms with Crippen LogP contribution in [0.15, 0.2) is 53.4 Å². The number of rotatable bonds is 9. The standard InChI is InChI=1S/C20H26N2O4S2/c1-15-5-11-19(12-6-15)27-14-13-21-20(23)16(2)26-18-9-7-17(8-10-18)22(3)28(4,24)25/h5-12,16H,13-14H2,1-4H3,(H,21,23)/t16-/m0/s1. The number of sulfonamides is 1. The molecule has 0 fully saturated rings. The smallest absolute Gasteiger partial charge is 0.260 e. The SMILES string of the molecule is Cc1ccc(SCCNC(=O)[C@H](C)Oc2ccc(N(C)S(C)(=O)=O)cc2)cc1. The first-order valence-corrected chi connectivity index (χ1v) is 11.7. The first kappa shape index (κ1) is 22.1. The van der Waals surface area contributed by atoms with Crippen molar-refractivity contribution >= 4 is 33.4 Å². The maximum absolute atomic E-state index is 12.2. The average Bonchev–Trinajstić information content (AvgIpc) is 2.65. The number of nitrogens with zero attached hydrogens (tertiary/aromatic N) is 1. The first-order chi connectivity index (χ1) is 13.2. The van der Waals surface area contributed by atoms with Gasteiger partial charge in [-0.25, -0.2) is 8.42 Å². The van der Waals surface area contributed by atoms with E-state index in [0.29, 0.717) is 18.0 Å². The largest absolute Gasteiger partial charge is 0.481 e. The van der Waals surface area contributed by atoms with Gasteiger partial charge in [-0.2, -0.15) is 0 Å². The molecule has 0 aliphatic rings. The summed E-state index contributed by atoms with van der Waals surface area (Å²) in [5.74, 6) is 1.08. The minimum Gasteiger partial charge on any atom is -0.481 e. The molecule has 8 heteroatoms. The Morgan fingerprint density at radius 3 is 2.32 bits per heavy atom. The van der Waals surface area contributed by atoms with Gasteiger partial charge in [0, 0.05) is 24.2 Å². The van der Waals surface area contributed by atoms with Crippen molar-refractivity contribution in [3.63, 3.8) is 0 Å². The summed E-state index contributed by atoms with van der Waals surface area (Å²) in [5, 5.41) is 2.86. The molecule has 1 atom stereocenters. The number of anilines is 1. The molecule has 0 spiro atoms. The van der Waals surface area contributed by atoms with Gasteiger partial charge in [-0.1, -0.05) is 17.7 Å². The highest BCUT2D eigenvalue weighted by Crippen LogP contribution is 2.21. The summed E-state index contributed by atoms with van der Waals surface area (Å²) in [7, 11) is -1.83. The fourth-order valence-corrected chi connectivity index (χ4v) is 3.58. The zero-order valence-corrected chi connectivity index (χ0v) is 18.1. The van der Waals surface area contributed by atoms with Crippen molar-refractivity contribution in [2.75, 3.05) is 29.9 Å². The molecule has 6 nitrogen and oxygen atoms in total. The molecule has 2 aromatic carbocycles. The summed E-state index contributed by atoms with van der Waals surface area (Å²) in [6.45, 7) is 4.27. The Morgan fingerprint density at radius 1 is 1.14 bits per heavy atom. The molecule has 28 heavy (non-hydrogen) atoms. The molecule has 0 saturated heterocycles. The molecular formula is C20H26N2O4S2. The lowest BCUT2D eigenvalue weighted by Gasteiger charge is -2.18. The van der Waals surface area contributed by atoms with Crippen LogP contribution in [0.25, 0.3) is 0 Å². The van der Waals surface area contributed by atoms with Crippen molar-refractivity contribution in [2.45, 2.75) is 24.8 Å². The Kier molecular flexibility index (Phi) is 7.77. The topological polar surface area (TPSA) is 75.7 Å². The fourth-order valence-electron chi connectivity index (χ4n) is 2.31. The Labute approximate surface area is 171 Å². The van der Waals surface area contributed by atoms with Gasteiger partial charge in [0.05, 0.1) is 11.9 Å². The lowest BCUT2D eigenvalue weighted by molar-refractivity contribution is -0.127. The maximum atomic E-state index is 12.2. The summed E-state index contributed by atoms with van der Waals surface area (Å²) >= 11 is 1.68. The summed E-state index contributed by atoms with van der Waals surface area (Å²) in [6.07, 6.45) is 0.490. The molecule has 0 aromatic heterocycles. The molecule has 0 aliphatic heterocycles. The first-order valence-electron chi connectivity index (χ1n) is 8.84. The summed E-state index contributed by atoms with van der Waals surface area (Å²) < 4.78 is 29.9. The number of carbonyl (C=O) groups is 1. The van der Waals surface area contributed by atoms with Gasteiger partial charge < -0.3 is 10.1 Å². The van der Waals surface area contributed by atoms with Gasteiger partial charge in [-0.15, -0.1) is 11.8 Å². The normalized spacial score (nSPS) is 12.3. The fraction of sp³-hybridized carbons (Fsp3) is 0.350. The van der Waals surface area contributed by atoms with Crippen molar-refractivity contribution in [2.24, 2.45) is 0 Å². The summed E-state index contributed by atoms with van der Waals surface area (Å²) in [6, 6.07) is 14.8. The van der Waals surface area contributed by atoms with E-state index < -0.39 is 16.1 Å². The summed E-state index contributed by atoms with van der Waals surface area (Å²) in [5.41, 5.74) is 1.75. The minimum atomic E-state index is -3.31. The van der Waals surface area contributed by atoms with Crippen molar-refractivity contribution in [1.29, 1.82) is 0 Å². The number of hydrogen-bond donors (Lipinski definition) is 1. The van der Waals surface area contributed by atoms with Crippen LogP contribution in [0.4, 0.5) is 5.69 Å². The van der Waals surface area contributed by atoms with Crippen LogP contribution in [0.2, 0.25) is 0 Å². The molecule has 0 bridgehead atoms. The molecule has 2 aromatic rings. The molecule has 2 rings (SSSR count). The predicted octanol–water partition coefficient (Wildman–Crippen LogP) is 3.07. The molecule has 1 N–H and O–H groups in total. The number of nitrogens with one attached hydrogen (secondary N) is 1. The van der Waals surface area contributed by atoms with Gasteiger partial charge in [-0.3, -0.25) is 9.10 Å². The molecule has 152 valence electrons. The molecule has 0 unspecified atom stereocenters. The van der Waals surface area contributed by atoms with E-state index in [9.17, 15) is 13.2 Å². The third-order valence-electron chi connectivity index (χ3n) is 4.07. The van der Waals surface area contributed by atoms with Gasteiger partial charge >= 0.3 is 0 Å². The second-order valence-electron chi connectivity index (χ2n) is 6.44. The molecule has 0 aliphatic carbocycles. The van der Waals surface area contributed by atoms with Crippen LogP contribution in [0, 0.1) is 6.92 Å². The summed E-state index contributed by atoms with van der Waals surface area (Å²) in [4.78, 5) is 13.3. The van der Waals surface area contributed by atoms with E-state index in [1.54, 1.807) is 43.0 Å². The Hall–Kier alpha value is -2.19. The number of aryl methyl sites for hydroxylation is 1. The van der Waals surface area contributed by atoms with Gasteiger partial charge in [0.25, 0.3) is 5.91 Å². The highest BCUT2D eigenvalue weighted by atomic mass is 32.2. The zero-order chi connectivity index (χ0) is 20.7. The highest BCUT2D eigenvalue weighted by molar-refractivity contribution is 7.99. The van der Waals surface area contributed by atoms with E-state index in [1.807, 2.05) is 6.92 Å². The van der Waals surface area contributed by atoms with E-state index in [4.69, 9.17) is 4.74 Å². The van der Waals surface area contributed by atoms with E-state index in [2.05, 4.69) is 29.6 Å². The van der Waals surface area contributed by atoms with E-state index in [-0.39, 0.29) is 5.91 Å². The third-order valence-corrected chi connectivity index (χ3v) is 6.29. The molecule has 1 amide bonds. The highest BCUT2D eigenvalue weighted by Gasteiger charge is 2.15. The van der Waals surface area contributed by atoms with E-state index in [0.717, 1.165) is 12.0 Å². The van der Waals surface area contributed by atoms with Crippen LogP contribution < -0.4 is 14.4 Å². The Balaban J connectivity index is 1.77. The lowest BCUT2D eigenvalue weighted by atomic mass is 10.2. The molecular weight excluding hydrogens is 396 g/mol. The molecule has 0 heterocycles. The number of carbonyl (C=O) groups excluding carboxylic acids is 1. The number of amides is 1. The number of thioether (sulfide) groups is 1. The number of benzene rings is 2. The van der Waals surface area contributed by atoms with Crippen LogP contribution in [0.5, 0.6) is 5.75 Å². The molecule has 0 radical (unpaired) electrons. The van der Waals surface area contributed by atoms with Gasteiger partial charge in [-0.05, 0) is 50.2 Å². The van der Waals surface area contributed by atoms with Crippen LogP contribution in [0.3, 0.4) is 0 Å². The lowest BCUT2D eigenvalue weighted by Crippen LogP contribution is -2.37. The van der Waals surface area contributed by atoms with E-state index in [1.165, 1.54) is 21.8 Å². The Morgan fingerprint density at radius 2 is 1.75 bits per heavy atom. The minimum absolute atomic E-state index is 0.193. The second-order valence-corrected chi connectivity index (χ2v) is 9.62. The van der Waals surface area contributed by atoms with Gasteiger partial charge in [0.1, 0.15) is 5.75 Å². The molecule has 0 saturated carbocycles. The van der Waals surface area contributed by atoms with Crippen molar-refractivity contribution in [3.8, 4) is 5.75 Å². The quantitative estimate of drug-likeness (QED) is 0.497. The third kappa shape index (κ3) is 6.76. The predicted molar refractivity (Wildman–Crippen MR) is 115 cm³/mol. The van der Waals surface area contributed by atoms with Crippen LogP contribution in [0.1, 0.15) is 12.5 Å². The van der Waals surface area contributed by atoms with Crippen molar-refractivity contribution in [1.82, 2.24) is 5.32 Å². The van der Waals surface area contributed by atoms with E-state index >= 15 is 0 Å². The zero-order valence-electron chi connectivity index (χ0n) is 16.5.